The number of benzene rings is 1. The monoisotopic (exact) mass is 304 g/mol. The van der Waals surface area contributed by atoms with E-state index in [2.05, 4.69) is 20.7 Å². The molecule has 3 N–H and O–H groups in total. The number of hydrogen-bond donors (Lipinski definition) is 3. The van der Waals surface area contributed by atoms with E-state index in [4.69, 9.17) is 12.2 Å². The summed E-state index contributed by atoms with van der Waals surface area (Å²) in [6.07, 6.45) is 4.16. The highest BCUT2D eigenvalue weighted by Gasteiger charge is 2.34. The summed E-state index contributed by atoms with van der Waals surface area (Å²) < 4.78 is 0. The van der Waals surface area contributed by atoms with Crippen molar-refractivity contribution in [3.63, 3.8) is 0 Å². The molecule has 4 rings (SSSR count). The Morgan fingerprint density at radius 3 is 2.86 bits per heavy atom. The second-order valence-electron chi connectivity index (χ2n) is 5.68. The lowest BCUT2D eigenvalue weighted by Gasteiger charge is -2.45. The van der Waals surface area contributed by atoms with Crippen molar-refractivity contribution in [1.29, 1.82) is 0 Å². The molecule has 0 aliphatic carbocycles. The molecule has 1 atom stereocenters. The number of hydrogen-bond acceptors (Lipinski definition) is 4. The first-order valence-corrected chi connectivity index (χ1v) is 7.72. The van der Waals surface area contributed by atoms with Crippen molar-refractivity contribution in [2.24, 2.45) is 11.0 Å². The number of nitrogens with zero attached hydrogens (tertiary/aromatic N) is 2. The molecule has 1 aromatic carbocycles. The fourth-order valence-electron chi connectivity index (χ4n) is 3.10. The molecule has 1 aromatic rings. The Kier molecular flexibility index (Phi) is 4.36. The van der Waals surface area contributed by atoms with Gasteiger partial charge in [-0.05, 0) is 61.8 Å². The molecular formula is C15H20N4OS. The minimum atomic E-state index is 0.229. The lowest BCUT2D eigenvalue weighted by molar-refractivity contribution is 0.0812. The summed E-state index contributed by atoms with van der Waals surface area (Å²) in [5, 5.41) is 17.4. The maximum atomic E-state index is 9.37. The molecule has 112 valence electrons. The summed E-state index contributed by atoms with van der Waals surface area (Å²) in [6.45, 7) is 3.51. The van der Waals surface area contributed by atoms with Gasteiger partial charge in [0.1, 0.15) is 5.75 Å². The van der Waals surface area contributed by atoms with E-state index in [0.29, 0.717) is 11.2 Å². The molecule has 0 aromatic heterocycles. The van der Waals surface area contributed by atoms with Crippen molar-refractivity contribution in [3.05, 3.63) is 29.8 Å². The third kappa shape index (κ3) is 3.71. The topological polar surface area (TPSA) is 59.9 Å². The van der Waals surface area contributed by atoms with Crippen molar-refractivity contribution in [2.45, 2.75) is 18.9 Å². The Morgan fingerprint density at radius 2 is 2.19 bits per heavy atom. The van der Waals surface area contributed by atoms with Gasteiger partial charge in [0.2, 0.25) is 0 Å². The second-order valence-corrected chi connectivity index (χ2v) is 6.09. The number of piperidine rings is 3. The smallest absolute Gasteiger partial charge is 0.187 e. The van der Waals surface area contributed by atoms with E-state index in [-0.39, 0.29) is 5.75 Å². The highest BCUT2D eigenvalue weighted by Crippen LogP contribution is 2.27. The second kappa shape index (κ2) is 6.41. The van der Waals surface area contributed by atoms with Gasteiger partial charge in [-0.1, -0.05) is 12.1 Å². The number of aromatic hydroxyl groups is 1. The van der Waals surface area contributed by atoms with Gasteiger partial charge in [0.15, 0.2) is 5.11 Å². The van der Waals surface area contributed by atoms with Crippen molar-refractivity contribution in [1.82, 2.24) is 15.6 Å². The van der Waals surface area contributed by atoms with Gasteiger partial charge in [0.05, 0.1) is 6.21 Å². The molecule has 0 amide bonds. The third-order valence-corrected chi connectivity index (χ3v) is 4.43. The summed E-state index contributed by atoms with van der Waals surface area (Å²) in [5.41, 5.74) is 3.67. The number of phenolic OH excluding ortho intramolecular Hbond substituents is 1. The number of rotatable bonds is 3. The summed E-state index contributed by atoms with van der Waals surface area (Å²) in [6, 6.07) is 7.36. The van der Waals surface area contributed by atoms with Gasteiger partial charge < -0.3 is 15.3 Å². The minimum Gasteiger partial charge on any atom is -0.508 e. The Balaban J connectivity index is 1.48. The van der Waals surface area contributed by atoms with Crippen LogP contribution in [0.25, 0.3) is 0 Å². The standard InChI is InChI=1S/C15H20N4OS/c20-13-3-1-2-11(8-13)9-16-18-15(21)17-14-10-19-6-4-12(14)5-7-19/h1-3,8-9,12,14,20H,4-7,10H2,(H2,17,18,21)/b16-9+/t14-/m1/s1. The van der Waals surface area contributed by atoms with Crippen LogP contribution >= 0.6 is 12.2 Å². The number of hydrazone groups is 1. The molecule has 0 radical (unpaired) electrons. The van der Waals surface area contributed by atoms with Gasteiger partial charge in [0.25, 0.3) is 0 Å². The van der Waals surface area contributed by atoms with Crippen molar-refractivity contribution < 1.29 is 5.11 Å². The molecule has 3 fully saturated rings. The lowest BCUT2D eigenvalue weighted by atomic mass is 9.84. The van der Waals surface area contributed by atoms with Crippen LogP contribution in [0.15, 0.2) is 29.4 Å². The maximum absolute atomic E-state index is 9.37. The fourth-order valence-corrected chi connectivity index (χ4v) is 3.30. The molecule has 21 heavy (non-hydrogen) atoms. The van der Waals surface area contributed by atoms with E-state index in [1.807, 2.05) is 6.07 Å². The van der Waals surface area contributed by atoms with Crippen LogP contribution in [0.4, 0.5) is 0 Å². The SMILES string of the molecule is Oc1cccc(/C=N/NC(=S)N[C@@H]2CN3CCC2CC3)c1. The first-order chi connectivity index (χ1) is 10.2. The summed E-state index contributed by atoms with van der Waals surface area (Å²) in [7, 11) is 0. The molecule has 0 saturated carbocycles. The number of thiocarbonyl (C=S) groups is 1. The molecule has 5 nitrogen and oxygen atoms in total. The molecule has 3 saturated heterocycles. The zero-order valence-corrected chi connectivity index (χ0v) is 12.6. The predicted molar refractivity (Wildman–Crippen MR) is 87.5 cm³/mol. The van der Waals surface area contributed by atoms with Gasteiger partial charge in [-0.25, -0.2) is 0 Å². The molecule has 2 bridgehead atoms. The van der Waals surface area contributed by atoms with Crippen molar-refractivity contribution in [2.75, 3.05) is 19.6 Å². The van der Waals surface area contributed by atoms with E-state index in [1.54, 1.807) is 24.4 Å². The van der Waals surface area contributed by atoms with Crippen LogP contribution in [0.1, 0.15) is 18.4 Å². The van der Waals surface area contributed by atoms with E-state index < -0.39 is 0 Å². The fraction of sp³-hybridized carbons (Fsp3) is 0.467. The quantitative estimate of drug-likeness (QED) is 0.446. The van der Waals surface area contributed by atoms with Crippen LogP contribution < -0.4 is 10.7 Å². The maximum Gasteiger partial charge on any atom is 0.187 e. The third-order valence-electron chi connectivity index (χ3n) is 4.22. The first-order valence-electron chi connectivity index (χ1n) is 7.32. The molecule has 0 spiro atoms. The van der Waals surface area contributed by atoms with Gasteiger partial charge >= 0.3 is 0 Å². The van der Waals surface area contributed by atoms with Crippen LogP contribution in [-0.2, 0) is 0 Å². The van der Waals surface area contributed by atoms with E-state index in [9.17, 15) is 5.11 Å². The highest BCUT2D eigenvalue weighted by atomic mass is 32.1. The Morgan fingerprint density at radius 1 is 1.38 bits per heavy atom. The first kappa shape index (κ1) is 14.3. The zero-order chi connectivity index (χ0) is 14.7. The molecular weight excluding hydrogens is 284 g/mol. The lowest BCUT2D eigenvalue weighted by Crippen LogP contribution is -2.58. The molecule has 3 heterocycles. The average molecular weight is 304 g/mol. The van der Waals surface area contributed by atoms with E-state index in [0.717, 1.165) is 18.0 Å². The molecule has 6 heteroatoms. The summed E-state index contributed by atoms with van der Waals surface area (Å²) in [4.78, 5) is 2.48. The normalized spacial score (nSPS) is 27.7. The Labute approximate surface area is 130 Å². The highest BCUT2D eigenvalue weighted by molar-refractivity contribution is 7.80. The van der Waals surface area contributed by atoms with Gasteiger partial charge in [-0.3, -0.25) is 5.43 Å². The Hall–Kier alpha value is -1.66. The molecule has 3 aliphatic rings. The van der Waals surface area contributed by atoms with E-state index >= 15 is 0 Å². The van der Waals surface area contributed by atoms with Gasteiger partial charge in [-0.2, -0.15) is 5.10 Å². The minimum absolute atomic E-state index is 0.229. The zero-order valence-electron chi connectivity index (χ0n) is 11.8. The number of fused-ring (bicyclic) bond motifs is 3. The van der Waals surface area contributed by atoms with Crippen LogP contribution in [0.3, 0.4) is 0 Å². The van der Waals surface area contributed by atoms with Gasteiger partial charge in [0, 0.05) is 12.6 Å². The van der Waals surface area contributed by atoms with Crippen LogP contribution in [-0.4, -0.2) is 47.0 Å². The van der Waals surface area contributed by atoms with Crippen LogP contribution in [0.2, 0.25) is 0 Å². The molecule has 0 unspecified atom stereocenters. The van der Waals surface area contributed by atoms with Crippen LogP contribution in [0, 0.1) is 5.92 Å². The number of nitrogens with one attached hydrogen (secondary N) is 2. The Bertz CT molecular complexity index is 540. The largest absolute Gasteiger partial charge is 0.508 e. The van der Waals surface area contributed by atoms with Crippen LogP contribution in [0.5, 0.6) is 5.75 Å². The van der Waals surface area contributed by atoms with Crippen molar-refractivity contribution >= 4 is 23.5 Å². The summed E-state index contributed by atoms with van der Waals surface area (Å²) in [5.74, 6) is 0.955. The number of phenols is 1. The van der Waals surface area contributed by atoms with Gasteiger partial charge in [-0.15, -0.1) is 0 Å². The van der Waals surface area contributed by atoms with Crippen molar-refractivity contribution in [3.8, 4) is 5.75 Å². The predicted octanol–water partition coefficient (Wildman–Crippen LogP) is 1.28. The van der Waals surface area contributed by atoms with E-state index in [1.165, 1.54) is 25.9 Å². The summed E-state index contributed by atoms with van der Waals surface area (Å²) >= 11 is 5.29. The molecule has 3 aliphatic heterocycles. The average Bonchev–Trinajstić information content (AvgIpc) is 2.48.